The van der Waals surface area contributed by atoms with Gasteiger partial charge in [-0.3, -0.25) is 0 Å². The second-order valence-electron chi connectivity index (χ2n) is 6.35. The Balaban J connectivity index is 1.67. The van der Waals surface area contributed by atoms with Gasteiger partial charge in [-0.15, -0.1) is 0 Å². The monoisotopic (exact) mass is 379 g/mol. The summed E-state index contributed by atoms with van der Waals surface area (Å²) in [6, 6.07) is 15.4. The molecular formula is C21H21N3O4. The Morgan fingerprint density at radius 1 is 0.964 bits per heavy atom. The maximum absolute atomic E-state index is 10.9. The topological polar surface area (TPSA) is 77.4 Å². The van der Waals surface area contributed by atoms with E-state index in [9.17, 15) is 5.11 Å². The smallest absolute Gasteiger partial charge is 0.203 e. The van der Waals surface area contributed by atoms with Gasteiger partial charge in [0, 0.05) is 16.9 Å². The first-order valence-corrected chi connectivity index (χ1v) is 8.85. The zero-order valence-corrected chi connectivity index (χ0v) is 15.9. The molecule has 0 aliphatic carbocycles. The summed E-state index contributed by atoms with van der Waals surface area (Å²) in [4.78, 5) is 1.51. The molecule has 0 spiro atoms. The third-order valence-corrected chi connectivity index (χ3v) is 4.74. The van der Waals surface area contributed by atoms with Gasteiger partial charge in [-0.25, -0.2) is 0 Å². The summed E-state index contributed by atoms with van der Waals surface area (Å²) in [7, 11) is 4.61. The molecule has 7 heteroatoms. The molecule has 0 saturated carbocycles. The molecule has 0 radical (unpaired) electrons. The van der Waals surface area contributed by atoms with Gasteiger partial charge in [0.25, 0.3) is 0 Å². The molecule has 1 heterocycles. The van der Waals surface area contributed by atoms with Crippen molar-refractivity contribution >= 4 is 22.1 Å². The van der Waals surface area contributed by atoms with Crippen LogP contribution in [-0.2, 0) is 0 Å². The van der Waals surface area contributed by atoms with E-state index in [0.717, 1.165) is 22.1 Å². The zero-order valence-electron chi connectivity index (χ0n) is 15.9. The number of azo groups is 1. The van der Waals surface area contributed by atoms with Crippen LogP contribution in [0.3, 0.4) is 0 Å². The first-order chi connectivity index (χ1) is 13.7. The third kappa shape index (κ3) is 2.99. The van der Waals surface area contributed by atoms with E-state index < -0.39 is 6.10 Å². The summed E-state index contributed by atoms with van der Waals surface area (Å²) in [5, 5.41) is 17.5. The lowest BCUT2D eigenvalue weighted by molar-refractivity contribution is -0.548. The molecule has 3 aromatic carbocycles. The molecule has 0 bridgehead atoms. The largest absolute Gasteiger partial charge is 0.493 e. The van der Waals surface area contributed by atoms with Crippen LogP contribution in [0.4, 0.5) is 11.4 Å². The van der Waals surface area contributed by atoms with Gasteiger partial charge in [-0.1, -0.05) is 36.4 Å². The summed E-state index contributed by atoms with van der Waals surface area (Å²) < 4.78 is 16.2. The Bertz CT molecular complexity index is 1060. The fourth-order valence-corrected chi connectivity index (χ4v) is 3.46. The van der Waals surface area contributed by atoms with Crippen molar-refractivity contribution in [2.45, 2.75) is 6.10 Å². The summed E-state index contributed by atoms with van der Waals surface area (Å²) in [6.45, 7) is 0.163. The molecule has 0 saturated heterocycles. The van der Waals surface area contributed by atoms with Gasteiger partial charge in [-0.05, 0) is 22.9 Å². The third-order valence-electron chi connectivity index (χ3n) is 4.74. The van der Waals surface area contributed by atoms with Crippen LogP contribution >= 0.6 is 0 Å². The van der Waals surface area contributed by atoms with Crippen LogP contribution < -0.4 is 14.2 Å². The molecule has 0 fully saturated rings. The minimum atomic E-state index is -0.897. The molecule has 4 rings (SSSR count). The van der Waals surface area contributed by atoms with Crippen LogP contribution in [-0.4, -0.2) is 37.8 Å². The van der Waals surface area contributed by atoms with E-state index in [4.69, 9.17) is 14.2 Å². The lowest BCUT2D eigenvalue weighted by Crippen LogP contribution is -2.16. The van der Waals surface area contributed by atoms with Gasteiger partial charge in [0.05, 0.1) is 21.3 Å². The average molecular weight is 379 g/mol. The summed E-state index contributed by atoms with van der Waals surface area (Å²) in [5.74, 6) is 1.39. The van der Waals surface area contributed by atoms with Crippen LogP contribution in [0.25, 0.3) is 16.2 Å². The molecule has 1 atom stereocenters. The highest BCUT2D eigenvalue weighted by Crippen LogP contribution is 2.44. The normalized spacial score (nSPS) is 13.5. The van der Waals surface area contributed by atoms with Crippen LogP contribution in [0.1, 0.15) is 11.7 Å². The zero-order chi connectivity index (χ0) is 19.7. The summed E-state index contributed by atoms with van der Waals surface area (Å²) in [5.41, 5.74) is 6.80. The number of aliphatic hydroxyl groups excluding tert-OH is 1. The Morgan fingerprint density at radius 3 is 2.43 bits per heavy atom. The SMILES string of the molecule is COc1ccc(C(O)C[N+]2=Nc3cccc4cccc(c34)[N-]2)c(OC)c1OC. The number of methoxy groups -OCH3 is 3. The number of nitrogens with zero attached hydrogens (tertiary/aromatic N) is 3. The predicted molar refractivity (Wildman–Crippen MR) is 105 cm³/mol. The second-order valence-corrected chi connectivity index (χ2v) is 6.35. The van der Waals surface area contributed by atoms with Gasteiger partial charge >= 0.3 is 0 Å². The van der Waals surface area contributed by atoms with Crippen molar-refractivity contribution in [3.63, 3.8) is 0 Å². The van der Waals surface area contributed by atoms with E-state index in [-0.39, 0.29) is 6.54 Å². The van der Waals surface area contributed by atoms with Gasteiger partial charge in [0.2, 0.25) is 5.75 Å². The molecular weight excluding hydrogens is 358 g/mol. The first-order valence-electron chi connectivity index (χ1n) is 8.85. The van der Waals surface area contributed by atoms with Gasteiger partial charge in [-0.2, -0.15) is 15.3 Å². The fourth-order valence-electron chi connectivity index (χ4n) is 3.46. The molecule has 144 valence electrons. The van der Waals surface area contributed by atoms with E-state index in [0.29, 0.717) is 22.8 Å². The standard InChI is InChI=1S/C21H21N3O4/c1-26-18-11-10-14(20(27-2)21(18)28-3)17(25)12-24-22-15-8-4-6-13-7-5-9-16(23-24)19(13)15/h4-11,17,25H,12H2,1-3H3. The lowest BCUT2D eigenvalue weighted by Gasteiger charge is -2.23. The van der Waals surface area contributed by atoms with Gasteiger partial charge < -0.3 is 19.3 Å². The molecule has 3 aromatic rings. The molecule has 0 amide bonds. The van der Waals surface area contributed by atoms with E-state index in [2.05, 4.69) is 10.5 Å². The number of benzene rings is 3. The minimum absolute atomic E-state index is 0.163. The van der Waals surface area contributed by atoms with Crippen molar-refractivity contribution in [3.05, 3.63) is 59.5 Å². The van der Waals surface area contributed by atoms with Crippen LogP contribution in [0.5, 0.6) is 17.2 Å². The Hall–Kier alpha value is -3.32. The van der Waals surface area contributed by atoms with Crippen LogP contribution in [0, 0.1) is 0 Å². The maximum atomic E-state index is 10.9. The molecule has 1 N–H and O–H groups in total. The van der Waals surface area contributed by atoms with Crippen LogP contribution in [0.2, 0.25) is 0 Å². The predicted octanol–water partition coefficient (Wildman–Crippen LogP) is 4.63. The van der Waals surface area contributed by atoms with Crippen molar-refractivity contribution in [3.8, 4) is 17.2 Å². The Labute approximate surface area is 162 Å². The van der Waals surface area contributed by atoms with E-state index >= 15 is 0 Å². The fraction of sp³-hybridized carbons (Fsp3) is 0.238. The second kappa shape index (κ2) is 7.36. The number of aliphatic hydroxyl groups is 1. The number of hydrogen-bond acceptors (Lipinski definition) is 5. The van der Waals surface area contributed by atoms with Gasteiger partial charge in [0.1, 0.15) is 6.10 Å². The lowest BCUT2D eigenvalue weighted by atomic mass is 10.1. The highest BCUT2D eigenvalue weighted by Gasteiger charge is 2.24. The Kier molecular flexibility index (Phi) is 4.75. The minimum Gasteiger partial charge on any atom is -0.493 e. The van der Waals surface area contributed by atoms with E-state index in [1.807, 2.05) is 36.4 Å². The molecule has 28 heavy (non-hydrogen) atoms. The first kappa shape index (κ1) is 18.1. The maximum Gasteiger partial charge on any atom is 0.203 e. The van der Waals surface area contributed by atoms with Crippen molar-refractivity contribution in [2.24, 2.45) is 5.11 Å². The quantitative estimate of drug-likeness (QED) is 0.634. The van der Waals surface area contributed by atoms with Crippen molar-refractivity contribution in [2.75, 3.05) is 27.9 Å². The average Bonchev–Trinajstić information content (AvgIpc) is 2.72. The molecule has 1 unspecified atom stereocenters. The van der Waals surface area contributed by atoms with Crippen LogP contribution in [0.15, 0.2) is 53.6 Å². The molecule has 1 aliphatic rings. The molecule has 0 aromatic heterocycles. The van der Waals surface area contributed by atoms with Gasteiger partial charge in [0.15, 0.2) is 18.0 Å². The van der Waals surface area contributed by atoms with Crippen molar-refractivity contribution < 1.29 is 24.1 Å². The number of ether oxygens (including phenoxy) is 3. The number of hydrogen-bond donors (Lipinski definition) is 1. The molecule has 7 nitrogen and oxygen atoms in total. The highest BCUT2D eigenvalue weighted by atomic mass is 16.5. The van der Waals surface area contributed by atoms with Crippen molar-refractivity contribution in [1.29, 1.82) is 0 Å². The number of rotatable bonds is 6. The van der Waals surface area contributed by atoms with E-state index in [1.165, 1.54) is 19.0 Å². The van der Waals surface area contributed by atoms with E-state index in [1.54, 1.807) is 19.2 Å². The number of β-amino-alcohol motifs (C(OH)–C–C–N with tert-alkyl or cyclic N) is 1. The van der Waals surface area contributed by atoms with Crippen molar-refractivity contribution in [1.82, 2.24) is 0 Å². The molecule has 1 aliphatic heterocycles. The summed E-state index contributed by atoms with van der Waals surface area (Å²) in [6.07, 6.45) is -0.897. The highest BCUT2D eigenvalue weighted by molar-refractivity contribution is 6.02. The Morgan fingerprint density at radius 2 is 1.71 bits per heavy atom. The summed E-state index contributed by atoms with van der Waals surface area (Å²) >= 11 is 0.